The molecular weight excluding hydrogens is 817 g/mol. The zero-order valence-electron chi connectivity index (χ0n) is 35.7. The molecule has 1 saturated heterocycles. The normalized spacial score (nSPS) is 31.5. The van der Waals surface area contributed by atoms with Crippen LogP contribution in [0, 0.1) is 16.7 Å². The van der Waals surface area contributed by atoms with Gasteiger partial charge in [-0.1, -0.05) is 62.4 Å². The minimum atomic E-state index is -2.40. The number of carbonyl (C=O) groups is 6. The van der Waals surface area contributed by atoms with Gasteiger partial charge in [0, 0.05) is 43.4 Å². The first-order chi connectivity index (χ1) is 29.7. The third-order valence-corrected chi connectivity index (χ3v) is 13.6. The summed E-state index contributed by atoms with van der Waals surface area (Å²) in [5, 5.41) is 40.3. The summed E-state index contributed by atoms with van der Waals surface area (Å²) in [5.41, 5.74) is -0.959. The van der Waals surface area contributed by atoms with Crippen LogP contribution in [0.25, 0.3) is 0 Å². The number of ether oxygens (including phenoxy) is 5. The van der Waals surface area contributed by atoms with E-state index in [1.807, 2.05) is 0 Å². The molecule has 6 N–H and O–H groups in total. The largest absolute Gasteiger partial charge is 0.456 e. The van der Waals surface area contributed by atoms with Gasteiger partial charge in [0.05, 0.1) is 35.6 Å². The van der Waals surface area contributed by atoms with Gasteiger partial charge in [-0.05, 0) is 67.0 Å². The first-order valence-corrected chi connectivity index (χ1v) is 20.7. The standard InChI is InChI=1S/C47H52N2O14/c1-24-31(61-43(57)36(53)35(27-13-9-7-10-14-27)49-41(55)28-17-19-30(48)20-18-28)22-47(58)40(62-42(56)29-15-11-8-12-16-29)38-45(6,32(52)21-33-46(38,23-59-33)63-26(3)51)39(54)37(60-25(2)50)34(24)44(47,4)5/h7-20,31-33,35-38,40,52-53,58H,21-23,48H2,1-6H3,(H,49,55)/t31-,32-,33+,35?,36+,37+,38-,40-,45+,46-,47+/m0/s1. The van der Waals surface area contributed by atoms with Crippen molar-refractivity contribution in [3.05, 3.63) is 113 Å². The van der Waals surface area contributed by atoms with Gasteiger partial charge >= 0.3 is 23.9 Å². The van der Waals surface area contributed by atoms with Gasteiger partial charge < -0.3 is 50.1 Å². The fraction of sp³-hybridized carbons (Fsp3) is 0.447. The Bertz CT molecular complexity index is 2330. The summed E-state index contributed by atoms with van der Waals surface area (Å²) in [5.74, 6) is -6.95. The minimum absolute atomic E-state index is 0.0128. The number of aliphatic hydroxyl groups excluding tert-OH is 2. The van der Waals surface area contributed by atoms with Crippen LogP contribution in [0.15, 0.2) is 96.1 Å². The van der Waals surface area contributed by atoms with Crippen molar-refractivity contribution in [2.75, 3.05) is 12.3 Å². The molecule has 11 atom stereocenters. The number of rotatable bonds is 10. The van der Waals surface area contributed by atoms with E-state index in [0.717, 1.165) is 13.8 Å². The number of nitrogens with two attached hydrogens (primary N) is 1. The van der Waals surface area contributed by atoms with E-state index in [-0.39, 0.29) is 35.3 Å². The highest BCUT2D eigenvalue weighted by molar-refractivity contribution is 5.96. The number of fused-ring (bicyclic) bond motifs is 5. The molecule has 1 heterocycles. The van der Waals surface area contributed by atoms with Crippen LogP contribution < -0.4 is 11.1 Å². The monoisotopic (exact) mass is 868 g/mol. The Hall–Kier alpha value is -5.94. The molecule has 1 aliphatic heterocycles. The Labute approximate surface area is 363 Å². The molecular formula is C47H52N2O14. The maximum absolute atomic E-state index is 15.5. The van der Waals surface area contributed by atoms with Crippen molar-refractivity contribution in [3.8, 4) is 0 Å². The molecule has 16 heteroatoms. The summed E-state index contributed by atoms with van der Waals surface area (Å²) < 4.78 is 30.3. The zero-order chi connectivity index (χ0) is 45.8. The number of esters is 4. The van der Waals surface area contributed by atoms with Crippen LogP contribution in [0.3, 0.4) is 0 Å². The van der Waals surface area contributed by atoms with Gasteiger partial charge in [0.2, 0.25) is 0 Å². The van der Waals surface area contributed by atoms with E-state index in [1.165, 1.54) is 50.2 Å². The molecule has 7 rings (SSSR count). The molecule has 334 valence electrons. The average molecular weight is 869 g/mol. The Kier molecular flexibility index (Phi) is 11.9. The van der Waals surface area contributed by atoms with E-state index in [2.05, 4.69) is 5.32 Å². The fourth-order valence-electron chi connectivity index (χ4n) is 10.2. The number of Topliss-reactive ketones (excluding diaryl/α,β-unsaturated/α-hetero) is 1. The highest BCUT2D eigenvalue weighted by atomic mass is 16.6. The number of anilines is 1. The Balaban J connectivity index is 1.38. The highest BCUT2D eigenvalue weighted by Gasteiger charge is 2.78. The third kappa shape index (κ3) is 7.58. The molecule has 1 amide bonds. The van der Waals surface area contributed by atoms with Crippen LogP contribution in [0.1, 0.15) is 86.7 Å². The van der Waals surface area contributed by atoms with Gasteiger partial charge in [-0.3, -0.25) is 19.2 Å². The number of ketones is 1. The maximum atomic E-state index is 15.5. The van der Waals surface area contributed by atoms with Crippen molar-refractivity contribution in [2.45, 2.75) is 108 Å². The van der Waals surface area contributed by atoms with Gasteiger partial charge in [0.1, 0.15) is 23.9 Å². The van der Waals surface area contributed by atoms with Crippen molar-refractivity contribution in [1.29, 1.82) is 0 Å². The summed E-state index contributed by atoms with van der Waals surface area (Å²) in [4.78, 5) is 83.6. The van der Waals surface area contributed by atoms with E-state index in [0.29, 0.717) is 11.3 Å². The highest BCUT2D eigenvalue weighted by Crippen LogP contribution is 2.64. The zero-order valence-corrected chi connectivity index (χ0v) is 35.7. The second-order valence-electron chi connectivity index (χ2n) is 17.6. The molecule has 2 bridgehead atoms. The second-order valence-corrected chi connectivity index (χ2v) is 17.6. The van der Waals surface area contributed by atoms with Gasteiger partial charge in [0.25, 0.3) is 5.91 Å². The lowest BCUT2D eigenvalue weighted by Crippen LogP contribution is -2.82. The molecule has 0 radical (unpaired) electrons. The molecule has 0 spiro atoms. The minimum Gasteiger partial charge on any atom is -0.456 e. The predicted molar refractivity (Wildman–Crippen MR) is 222 cm³/mol. The number of nitrogen functional groups attached to an aromatic ring is 1. The quantitative estimate of drug-likeness (QED) is 0.0849. The molecule has 2 saturated carbocycles. The van der Waals surface area contributed by atoms with E-state index >= 15 is 4.79 Å². The lowest BCUT2D eigenvalue weighted by Gasteiger charge is -2.67. The molecule has 3 aromatic rings. The second kappa shape index (κ2) is 16.6. The van der Waals surface area contributed by atoms with Gasteiger partial charge in [0.15, 0.2) is 23.6 Å². The van der Waals surface area contributed by atoms with Crippen LogP contribution >= 0.6 is 0 Å². The van der Waals surface area contributed by atoms with Gasteiger partial charge in [-0.25, -0.2) is 9.59 Å². The molecule has 63 heavy (non-hydrogen) atoms. The van der Waals surface area contributed by atoms with E-state index in [4.69, 9.17) is 29.4 Å². The number of carbonyl (C=O) groups excluding carboxylic acids is 6. The number of hydrogen-bond acceptors (Lipinski definition) is 15. The Morgan fingerprint density at radius 3 is 2.05 bits per heavy atom. The molecule has 4 aliphatic rings. The van der Waals surface area contributed by atoms with Crippen LogP contribution in [0.2, 0.25) is 0 Å². The smallest absolute Gasteiger partial charge is 0.338 e. The summed E-state index contributed by atoms with van der Waals surface area (Å²) >= 11 is 0. The Morgan fingerprint density at radius 2 is 1.48 bits per heavy atom. The molecule has 3 aromatic carbocycles. The number of hydrogen-bond donors (Lipinski definition) is 5. The van der Waals surface area contributed by atoms with E-state index in [1.54, 1.807) is 62.4 Å². The van der Waals surface area contributed by atoms with Crippen molar-refractivity contribution in [3.63, 3.8) is 0 Å². The SMILES string of the molecule is CC(=O)O[C@H]1C(=O)[C@@]2(C)[C@H]([C@H](OC(=O)c3ccccc3)[C@]3(O)C[C@H](OC(=O)[C@H](O)C(NC(=O)c4ccc(N)cc4)c4ccccc4)C(C)=C1C3(C)C)[C@]1(OC(C)=O)CO[C@@H]1C[C@@H]2O. The predicted octanol–water partition coefficient (Wildman–Crippen LogP) is 3.32. The van der Waals surface area contributed by atoms with Crippen LogP contribution in [-0.4, -0.2) is 105 Å². The van der Waals surface area contributed by atoms with E-state index in [9.17, 15) is 39.3 Å². The van der Waals surface area contributed by atoms with Crippen LogP contribution in [-0.2, 0) is 42.9 Å². The van der Waals surface area contributed by atoms with E-state index < -0.39 is 113 Å². The van der Waals surface area contributed by atoms with Gasteiger partial charge in [-0.15, -0.1) is 0 Å². The summed E-state index contributed by atoms with van der Waals surface area (Å²) in [7, 11) is 0. The van der Waals surface area contributed by atoms with Crippen molar-refractivity contribution < 1.29 is 67.8 Å². The topological polar surface area (TPSA) is 247 Å². The summed E-state index contributed by atoms with van der Waals surface area (Å²) in [6.45, 7) is 7.93. The van der Waals surface area contributed by atoms with Gasteiger partial charge in [-0.2, -0.15) is 0 Å². The number of amides is 1. The average Bonchev–Trinajstić information content (AvgIpc) is 3.24. The van der Waals surface area contributed by atoms with Crippen LogP contribution in [0.5, 0.6) is 0 Å². The summed E-state index contributed by atoms with van der Waals surface area (Å²) in [6.07, 6.45) is -10.6. The molecule has 1 unspecified atom stereocenters. The molecule has 3 aliphatic carbocycles. The first-order valence-electron chi connectivity index (χ1n) is 20.7. The lowest BCUT2D eigenvalue weighted by atomic mass is 9.44. The molecule has 16 nitrogen and oxygen atoms in total. The number of nitrogens with one attached hydrogen (secondary N) is 1. The third-order valence-electron chi connectivity index (χ3n) is 13.6. The van der Waals surface area contributed by atoms with Crippen LogP contribution in [0.4, 0.5) is 5.69 Å². The summed E-state index contributed by atoms with van der Waals surface area (Å²) in [6, 6.07) is 20.6. The first kappa shape index (κ1) is 45.1. The number of aliphatic hydroxyl groups is 3. The number of benzene rings is 3. The van der Waals surface area contributed by atoms with Crippen molar-refractivity contribution in [2.24, 2.45) is 16.7 Å². The van der Waals surface area contributed by atoms with Crippen molar-refractivity contribution >= 4 is 41.3 Å². The molecule has 3 fully saturated rings. The molecule has 0 aromatic heterocycles. The fourth-order valence-corrected chi connectivity index (χ4v) is 10.2. The van der Waals surface area contributed by atoms with Crippen molar-refractivity contribution in [1.82, 2.24) is 5.32 Å². The maximum Gasteiger partial charge on any atom is 0.338 e. The Morgan fingerprint density at radius 1 is 0.857 bits per heavy atom. The lowest BCUT2D eigenvalue weighted by molar-refractivity contribution is -0.346.